The van der Waals surface area contributed by atoms with Crippen molar-refractivity contribution in [2.24, 2.45) is 5.10 Å². The Balaban J connectivity index is 1.75. The molecule has 3 heterocycles. The third kappa shape index (κ3) is 4.43. The van der Waals surface area contributed by atoms with Crippen LogP contribution in [0.15, 0.2) is 32.6 Å². The maximum absolute atomic E-state index is 12.4. The van der Waals surface area contributed by atoms with Crippen LogP contribution in [0.2, 0.25) is 0 Å². The number of anilines is 2. The number of hydrogen-bond acceptors (Lipinski definition) is 11. The van der Waals surface area contributed by atoms with Crippen LogP contribution in [0.5, 0.6) is 5.75 Å². The molecule has 7 N–H and O–H groups in total. The van der Waals surface area contributed by atoms with Crippen molar-refractivity contribution in [1.29, 1.82) is 0 Å². The van der Waals surface area contributed by atoms with Crippen molar-refractivity contribution in [3.63, 3.8) is 0 Å². The van der Waals surface area contributed by atoms with Gasteiger partial charge in [0.1, 0.15) is 24.1 Å². The minimum Gasteiger partial charge on any atom is -0.493 e. The number of hydrogen-bond donors (Lipinski definition) is 6. The van der Waals surface area contributed by atoms with Gasteiger partial charge in [-0.05, 0) is 25.1 Å². The summed E-state index contributed by atoms with van der Waals surface area (Å²) in [5, 5.41) is 34.3. The number of nitrogens with zero attached hydrogens (tertiary/aromatic N) is 4. The van der Waals surface area contributed by atoms with Crippen LogP contribution in [0.4, 0.5) is 11.9 Å². The van der Waals surface area contributed by atoms with E-state index in [9.17, 15) is 20.1 Å². The van der Waals surface area contributed by atoms with E-state index >= 15 is 0 Å². The molecule has 4 rings (SSSR count). The van der Waals surface area contributed by atoms with Gasteiger partial charge in [0.05, 0.1) is 19.4 Å². The first kappa shape index (κ1) is 23.1. The lowest BCUT2D eigenvalue weighted by Gasteiger charge is -2.18. The highest BCUT2D eigenvalue weighted by atomic mass is 79.9. The normalized spacial score (nSPS) is 22.9. The number of imidazole rings is 1. The van der Waals surface area contributed by atoms with Gasteiger partial charge in [0.15, 0.2) is 17.4 Å². The van der Waals surface area contributed by atoms with Gasteiger partial charge in [-0.3, -0.25) is 14.3 Å². The number of nitrogen functional groups attached to an aromatic ring is 1. The Morgan fingerprint density at radius 3 is 2.88 bits per heavy atom. The maximum atomic E-state index is 12.4. The van der Waals surface area contributed by atoms with Gasteiger partial charge < -0.3 is 30.5 Å². The van der Waals surface area contributed by atoms with Crippen LogP contribution < -0.4 is 21.5 Å². The van der Waals surface area contributed by atoms with E-state index < -0.39 is 36.7 Å². The molecule has 0 spiro atoms. The molecular weight excluding hydrogens is 502 g/mol. The van der Waals surface area contributed by atoms with Gasteiger partial charge in [-0.1, -0.05) is 15.9 Å². The molecule has 0 aliphatic carbocycles. The van der Waals surface area contributed by atoms with Gasteiger partial charge in [-0.2, -0.15) is 10.1 Å². The lowest BCUT2D eigenvalue weighted by atomic mass is 10.1. The van der Waals surface area contributed by atoms with E-state index in [2.05, 4.69) is 41.4 Å². The molecule has 0 unspecified atom stereocenters. The number of rotatable bonds is 7. The third-order valence-corrected chi connectivity index (χ3v) is 5.47. The van der Waals surface area contributed by atoms with Gasteiger partial charge >= 0.3 is 0 Å². The minimum absolute atomic E-state index is 0.00116. The molecule has 1 fully saturated rings. The second-order valence-electron chi connectivity index (χ2n) is 7.14. The summed E-state index contributed by atoms with van der Waals surface area (Å²) < 4.78 is 13.3. The number of aliphatic hydroxyl groups excluding tert-OH is 3. The van der Waals surface area contributed by atoms with Gasteiger partial charge in [-0.25, -0.2) is 10.4 Å². The van der Waals surface area contributed by atoms with Crippen LogP contribution in [-0.2, 0) is 4.74 Å². The molecule has 1 aromatic carbocycles. The Labute approximate surface area is 195 Å². The number of H-pyrrole nitrogens is 1. The van der Waals surface area contributed by atoms with E-state index in [-0.39, 0.29) is 23.1 Å². The van der Waals surface area contributed by atoms with Crippen molar-refractivity contribution in [3.05, 3.63) is 38.6 Å². The predicted octanol–water partition coefficient (Wildman–Crippen LogP) is -0.0795. The molecule has 1 aliphatic heterocycles. The molecule has 0 saturated carbocycles. The molecule has 0 bridgehead atoms. The van der Waals surface area contributed by atoms with Crippen LogP contribution in [0.1, 0.15) is 18.7 Å². The number of nitrogens with one attached hydrogen (secondary N) is 2. The monoisotopic (exact) mass is 523 g/mol. The highest BCUT2D eigenvalue weighted by molar-refractivity contribution is 9.10. The number of hydrazone groups is 1. The van der Waals surface area contributed by atoms with E-state index in [1.165, 1.54) is 10.8 Å². The summed E-state index contributed by atoms with van der Waals surface area (Å²) in [4.78, 5) is 23.0. The Hall–Kier alpha value is -3.04. The average Bonchev–Trinajstić information content (AvgIpc) is 3.27. The number of aliphatic hydroxyl groups is 3. The van der Waals surface area contributed by atoms with E-state index in [1.807, 2.05) is 13.0 Å². The van der Waals surface area contributed by atoms with Gasteiger partial charge in [-0.15, -0.1) is 0 Å². The summed E-state index contributed by atoms with van der Waals surface area (Å²) in [7, 11) is 0. The van der Waals surface area contributed by atoms with E-state index in [0.29, 0.717) is 17.9 Å². The van der Waals surface area contributed by atoms with Crippen molar-refractivity contribution >= 4 is 45.2 Å². The Morgan fingerprint density at radius 2 is 2.18 bits per heavy atom. The van der Waals surface area contributed by atoms with E-state index in [4.69, 9.17) is 15.2 Å². The summed E-state index contributed by atoms with van der Waals surface area (Å²) in [6.45, 7) is 1.80. The summed E-state index contributed by atoms with van der Waals surface area (Å²) >= 11 is 3.40. The zero-order valence-electron chi connectivity index (χ0n) is 17.3. The molecule has 13 nitrogen and oxygen atoms in total. The summed E-state index contributed by atoms with van der Waals surface area (Å²) in [5.74, 6) is 0.424. The first-order chi connectivity index (χ1) is 15.8. The highest BCUT2D eigenvalue weighted by Gasteiger charge is 2.45. The summed E-state index contributed by atoms with van der Waals surface area (Å²) in [5.41, 5.74) is 8.36. The largest absolute Gasteiger partial charge is 0.493 e. The number of halogens is 1. The molecule has 1 saturated heterocycles. The van der Waals surface area contributed by atoms with Crippen molar-refractivity contribution in [2.75, 3.05) is 24.4 Å². The van der Waals surface area contributed by atoms with E-state index in [0.717, 1.165) is 4.47 Å². The lowest BCUT2D eigenvalue weighted by molar-refractivity contribution is -0.0501. The van der Waals surface area contributed by atoms with Gasteiger partial charge in [0, 0.05) is 10.0 Å². The van der Waals surface area contributed by atoms with E-state index in [1.54, 1.807) is 12.1 Å². The van der Waals surface area contributed by atoms with Gasteiger partial charge in [0.2, 0.25) is 11.9 Å². The van der Waals surface area contributed by atoms with Crippen molar-refractivity contribution in [1.82, 2.24) is 19.5 Å². The van der Waals surface area contributed by atoms with Crippen LogP contribution in [-0.4, -0.2) is 72.6 Å². The SMILES string of the molecule is CCOc1ccc(Br)cc1/C=N\Nc1nc2c(=O)[nH]c(N)nc2n1[C@@H]1O[C@@H](CO)[C@@H](O)[C@@H]1O. The number of fused-ring (bicyclic) bond motifs is 1. The highest BCUT2D eigenvalue weighted by Crippen LogP contribution is 2.34. The molecule has 1 aliphatic rings. The number of nitrogens with two attached hydrogens (primary N) is 1. The zero-order chi connectivity index (χ0) is 23.7. The van der Waals surface area contributed by atoms with Crippen molar-refractivity contribution in [3.8, 4) is 5.75 Å². The zero-order valence-corrected chi connectivity index (χ0v) is 18.9. The second kappa shape index (κ2) is 9.44. The number of ether oxygens (including phenoxy) is 2. The molecule has 33 heavy (non-hydrogen) atoms. The molecule has 0 radical (unpaired) electrons. The summed E-state index contributed by atoms with van der Waals surface area (Å²) in [6.07, 6.45) is -3.60. The Bertz CT molecular complexity index is 1250. The fourth-order valence-corrected chi connectivity index (χ4v) is 3.86. The van der Waals surface area contributed by atoms with Crippen LogP contribution in [0.3, 0.4) is 0 Å². The van der Waals surface area contributed by atoms with Crippen LogP contribution >= 0.6 is 15.9 Å². The van der Waals surface area contributed by atoms with Crippen LogP contribution in [0, 0.1) is 0 Å². The van der Waals surface area contributed by atoms with Crippen LogP contribution in [0.25, 0.3) is 11.2 Å². The molecule has 2 aromatic heterocycles. The average molecular weight is 524 g/mol. The first-order valence-electron chi connectivity index (χ1n) is 9.95. The second-order valence-corrected chi connectivity index (χ2v) is 8.06. The number of benzene rings is 1. The minimum atomic E-state index is -1.44. The third-order valence-electron chi connectivity index (χ3n) is 4.98. The molecule has 0 amide bonds. The maximum Gasteiger partial charge on any atom is 0.280 e. The fourth-order valence-electron chi connectivity index (χ4n) is 3.48. The van der Waals surface area contributed by atoms with Gasteiger partial charge in [0.25, 0.3) is 5.56 Å². The first-order valence-corrected chi connectivity index (χ1v) is 10.7. The standard InChI is InChI=1S/C19H22BrN7O6/c1-2-32-10-4-3-9(20)5-8(10)6-22-26-19-23-12-15(24-18(21)25-16(12)31)27(19)17-14(30)13(29)11(7-28)33-17/h3-6,11,13-14,17,28-30H,2,7H2,1H3,(H,23,26)(H3,21,24,25,31)/b22-6-/t11-,13+,14-,17+/m0/s1. The molecule has 4 atom stereocenters. The molecule has 14 heteroatoms. The quantitative estimate of drug-likeness (QED) is 0.180. The lowest BCUT2D eigenvalue weighted by Crippen LogP contribution is -2.33. The van der Waals surface area contributed by atoms with Crippen molar-refractivity contribution in [2.45, 2.75) is 31.5 Å². The molecular formula is C19H22BrN7O6. The Kier molecular flexibility index (Phi) is 6.62. The number of aromatic nitrogens is 4. The fraction of sp³-hybridized carbons (Fsp3) is 0.368. The summed E-state index contributed by atoms with van der Waals surface area (Å²) in [6, 6.07) is 5.42. The Morgan fingerprint density at radius 1 is 1.39 bits per heavy atom. The topological polar surface area (TPSA) is 193 Å². The molecule has 3 aromatic rings. The predicted molar refractivity (Wildman–Crippen MR) is 122 cm³/mol. The number of aromatic amines is 1. The van der Waals surface area contributed by atoms with Crippen molar-refractivity contribution < 1.29 is 24.8 Å². The molecule has 176 valence electrons. The smallest absolute Gasteiger partial charge is 0.280 e.